The zero-order chi connectivity index (χ0) is 19.7. The molecule has 1 rings (SSSR count). The molecule has 0 spiro atoms. The van der Waals surface area contributed by atoms with Crippen LogP contribution in [0.1, 0.15) is 71.6 Å². The largest absolute Gasteiger partial charge is 0.395 e. The van der Waals surface area contributed by atoms with Crippen LogP contribution in [0.2, 0.25) is 0 Å². The molecular weight excluding hydrogens is 344 g/mol. The van der Waals surface area contributed by atoms with Gasteiger partial charge in [0.05, 0.1) is 5.92 Å². The Labute approximate surface area is 152 Å². The molecule has 0 amide bonds. The van der Waals surface area contributed by atoms with Crippen molar-refractivity contribution in [3.63, 3.8) is 0 Å². The fourth-order valence-electron chi connectivity index (χ4n) is 3.00. The first-order valence-corrected chi connectivity index (χ1v) is 9.18. The van der Waals surface area contributed by atoms with Crippen LogP contribution in [0.5, 0.6) is 0 Å². The predicted octanol–water partition coefficient (Wildman–Crippen LogP) is 1.40. The van der Waals surface area contributed by atoms with Gasteiger partial charge in [-0.2, -0.15) is 0 Å². The number of aliphatic hydroxyl groups is 2. The first kappa shape index (κ1) is 22.2. The van der Waals surface area contributed by atoms with Crippen molar-refractivity contribution in [2.45, 2.75) is 83.3 Å². The van der Waals surface area contributed by atoms with Crippen LogP contribution in [-0.4, -0.2) is 45.4 Å². The lowest BCUT2D eigenvalue weighted by Gasteiger charge is -2.32. The second-order valence-electron chi connectivity index (χ2n) is 6.64. The maximum absolute atomic E-state index is 12.4. The molecule has 0 saturated heterocycles. The van der Waals surface area contributed by atoms with E-state index in [-0.39, 0.29) is 25.7 Å². The number of hydrogen-bond acceptors (Lipinski definition) is 8. The number of hydrogen-bond donors (Lipinski definition) is 2. The summed E-state index contributed by atoms with van der Waals surface area (Å²) in [4.78, 5) is 57.4. The topological polar surface area (TPSA) is 127 Å². The maximum Gasteiger partial charge on any atom is 0.395 e. The zero-order valence-corrected chi connectivity index (χ0v) is 15.4. The highest BCUT2D eigenvalue weighted by atomic mass is 17.2. The molecule has 1 fully saturated rings. The fourth-order valence-corrected chi connectivity index (χ4v) is 3.00. The second-order valence-corrected chi connectivity index (χ2v) is 6.64. The first-order valence-electron chi connectivity index (χ1n) is 9.18. The molecule has 0 radical (unpaired) electrons. The molecule has 0 aromatic carbocycles. The van der Waals surface area contributed by atoms with Crippen LogP contribution >= 0.6 is 0 Å². The fraction of sp³-hybridized carbons (Fsp3) is 0.778. The molecule has 1 aliphatic rings. The molecule has 8 nitrogen and oxygen atoms in total. The van der Waals surface area contributed by atoms with E-state index in [9.17, 15) is 29.4 Å². The summed E-state index contributed by atoms with van der Waals surface area (Å²) in [6.07, 6.45) is 1.53. The number of ketones is 2. The third-order valence-electron chi connectivity index (χ3n) is 4.59. The minimum absolute atomic E-state index is 0.0772. The molecule has 1 saturated carbocycles. The highest BCUT2D eigenvalue weighted by Crippen LogP contribution is 2.32. The highest BCUT2D eigenvalue weighted by Gasteiger charge is 2.55. The van der Waals surface area contributed by atoms with E-state index < -0.39 is 41.1 Å². The summed E-state index contributed by atoms with van der Waals surface area (Å²) in [5.41, 5.74) is -2.68. The van der Waals surface area contributed by atoms with Gasteiger partial charge in [-0.3, -0.25) is 9.59 Å². The van der Waals surface area contributed by atoms with Crippen LogP contribution in [0.25, 0.3) is 0 Å². The first-order chi connectivity index (χ1) is 12.3. The zero-order valence-electron chi connectivity index (χ0n) is 15.4. The molecule has 26 heavy (non-hydrogen) atoms. The molecule has 0 aliphatic heterocycles. The molecule has 148 valence electrons. The third kappa shape index (κ3) is 5.35. The van der Waals surface area contributed by atoms with Crippen molar-refractivity contribution in [1.29, 1.82) is 0 Å². The number of Topliss-reactive ketones (excluding diaryl/α,β-unsaturated/α-hetero) is 2. The Bertz CT molecular complexity index is 529. The summed E-state index contributed by atoms with van der Waals surface area (Å²) >= 11 is 0. The minimum atomic E-state index is -2.68. The van der Waals surface area contributed by atoms with E-state index >= 15 is 0 Å². The van der Waals surface area contributed by atoms with Gasteiger partial charge in [0.25, 0.3) is 0 Å². The van der Waals surface area contributed by atoms with Gasteiger partial charge in [-0.1, -0.05) is 33.1 Å². The maximum atomic E-state index is 12.4. The summed E-state index contributed by atoms with van der Waals surface area (Å²) < 4.78 is 0. The van der Waals surface area contributed by atoms with Crippen LogP contribution in [-0.2, 0) is 29.0 Å². The van der Waals surface area contributed by atoms with Crippen molar-refractivity contribution in [3.05, 3.63) is 0 Å². The van der Waals surface area contributed by atoms with E-state index in [1.165, 1.54) is 0 Å². The smallest absolute Gasteiger partial charge is 0.381 e. The molecule has 8 heteroatoms. The van der Waals surface area contributed by atoms with Crippen molar-refractivity contribution in [2.75, 3.05) is 0 Å². The van der Waals surface area contributed by atoms with Crippen molar-refractivity contribution >= 4 is 23.5 Å². The quantitative estimate of drug-likeness (QED) is 0.390. The Kier molecular flexibility index (Phi) is 8.87. The SMILES string of the molecule is CCCCC(O)C(=O)OOC(=O)C1(O)C(=O)CCCCC(=O)C1CCC. The van der Waals surface area contributed by atoms with Crippen molar-refractivity contribution in [3.8, 4) is 0 Å². The summed E-state index contributed by atoms with van der Waals surface area (Å²) in [6, 6.07) is 0. The average Bonchev–Trinajstić information content (AvgIpc) is 2.63. The van der Waals surface area contributed by atoms with Gasteiger partial charge in [0.1, 0.15) is 5.78 Å². The molecule has 2 N–H and O–H groups in total. The molecule has 0 aromatic rings. The Hall–Kier alpha value is -1.80. The van der Waals surface area contributed by atoms with Gasteiger partial charge >= 0.3 is 11.9 Å². The number of carbonyl (C=O) groups excluding carboxylic acids is 4. The standard InChI is InChI=1S/C18H28O8/c1-3-5-9-14(20)16(22)25-26-17(23)18(24)12(8-4-2)13(19)10-6-7-11-15(18)21/h12,14,20,24H,3-11H2,1-2H3. The number of carbonyl (C=O) groups is 4. The normalized spacial score (nSPS) is 25.2. The van der Waals surface area contributed by atoms with Gasteiger partial charge in [0, 0.05) is 12.8 Å². The lowest BCUT2D eigenvalue weighted by Crippen LogP contribution is -2.56. The molecule has 0 bridgehead atoms. The monoisotopic (exact) mass is 372 g/mol. The third-order valence-corrected chi connectivity index (χ3v) is 4.59. The summed E-state index contributed by atoms with van der Waals surface area (Å²) in [5, 5.41) is 20.4. The van der Waals surface area contributed by atoms with Crippen LogP contribution in [0.3, 0.4) is 0 Å². The van der Waals surface area contributed by atoms with Gasteiger partial charge in [-0.25, -0.2) is 19.4 Å². The van der Waals surface area contributed by atoms with E-state index in [0.29, 0.717) is 25.7 Å². The predicted molar refractivity (Wildman–Crippen MR) is 89.5 cm³/mol. The Morgan fingerprint density at radius 3 is 2.42 bits per heavy atom. The molecule has 3 atom stereocenters. The van der Waals surface area contributed by atoms with E-state index in [2.05, 4.69) is 9.78 Å². The van der Waals surface area contributed by atoms with E-state index in [1.807, 2.05) is 6.92 Å². The van der Waals surface area contributed by atoms with E-state index in [1.54, 1.807) is 6.92 Å². The minimum Gasteiger partial charge on any atom is -0.381 e. The van der Waals surface area contributed by atoms with Gasteiger partial charge in [-0.05, 0) is 25.7 Å². The Morgan fingerprint density at radius 2 is 1.81 bits per heavy atom. The molecule has 0 heterocycles. The number of rotatable bonds is 7. The average molecular weight is 372 g/mol. The van der Waals surface area contributed by atoms with Crippen molar-refractivity contribution < 1.29 is 39.2 Å². The summed E-state index contributed by atoms with van der Waals surface area (Å²) in [5.74, 6) is -5.14. The van der Waals surface area contributed by atoms with Crippen molar-refractivity contribution in [2.24, 2.45) is 5.92 Å². The van der Waals surface area contributed by atoms with Crippen LogP contribution < -0.4 is 0 Å². The van der Waals surface area contributed by atoms with Crippen LogP contribution in [0.4, 0.5) is 0 Å². The number of aliphatic hydroxyl groups excluding tert-OH is 1. The van der Waals surface area contributed by atoms with E-state index in [4.69, 9.17) is 0 Å². The molecule has 0 aromatic heterocycles. The summed E-state index contributed by atoms with van der Waals surface area (Å²) in [7, 11) is 0. The number of unbranched alkanes of at least 4 members (excludes halogenated alkanes) is 1. The van der Waals surface area contributed by atoms with Gasteiger partial charge in [0.15, 0.2) is 11.9 Å². The Morgan fingerprint density at radius 1 is 1.15 bits per heavy atom. The van der Waals surface area contributed by atoms with Gasteiger partial charge < -0.3 is 10.2 Å². The molecule has 1 aliphatic carbocycles. The molecular formula is C18H28O8. The van der Waals surface area contributed by atoms with Crippen molar-refractivity contribution in [1.82, 2.24) is 0 Å². The van der Waals surface area contributed by atoms with Crippen LogP contribution in [0, 0.1) is 5.92 Å². The summed E-state index contributed by atoms with van der Waals surface area (Å²) in [6.45, 7) is 3.63. The lowest BCUT2D eigenvalue weighted by molar-refractivity contribution is -0.276. The Balaban J connectivity index is 2.89. The highest BCUT2D eigenvalue weighted by molar-refractivity contribution is 6.11. The van der Waals surface area contributed by atoms with E-state index in [0.717, 1.165) is 6.42 Å². The molecule has 3 unspecified atom stereocenters. The second kappa shape index (κ2) is 10.4. The van der Waals surface area contributed by atoms with Crippen LogP contribution in [0.15, 0.2) is 0 Å². The van der Waals surface area contributed by atoms with Gasteiger partial charge in [-0.15, -0.1) is 0 Å². The van der Waals surface area contributed by atoms with Gasteiger partial charge in [0.2, 0.25) is 5.60 Å². The lowest BCUT2D eigenvalue weighted by atomic mass is 9.74.